The summed E-state index contributed by atoms with van der Waals surface area (Å²) in [6.07, 6.45) is 3.53. The second-order valence-corrected chi connectivity index (χ2v) is 6.37. The van der Waals surface area contributed by atoms with Crippen LogP contribution < -0.4 is 5.32 Å². The Morgan fingerprint density at radius 3 is 2.44 bits per heavy atom. The van der Waals surface area contributed by atoms with Crippen molar-refractivity contribution in [3.63, 3.8) is 0 Å². The summed E-state index contributed by atoms with van der Waals surface area (Å²) in [7, 11) is 1.81. The molecular formula is C15H32N2O. The van der Waals surface area contributed by atoms with Crippen molar-refractivity contribution in [2.45, 2.75) is 71.1 Å². The fraction of sp³-hybridized carbons (Fsp3) is 1.00. The lowest BCUT2D eigenvalue weighted by Crippen LogP contribution is -2.64. The van der Waals surface area contributed by atoms with Crippen LogP contribution in [0.2, 0.25) is 0 Å². The Kier molecular flexibility index (Phi) is 5.63. The van der Waals surface area contributed by atoms with E-state index in [0.29, 0.717) is 11.6 Å². The van der Waals surface area contributed by atoms with Gasteiger partial charge in [-0.25, -0.2) is 0 Å². The van der Waals surface area contributed by atoms with E-state index in [1.54, 1.807) is 0 Å². The van der Waals surface area contributed by atoms with Gasteiger partial charge in [0, 0.05) is 38.3 Å². The molecule has 108 valence electrons. The quantitative estimate of drug-likeness (QED) is 0.791. The van der Waals surface area contributed by atoms with Crippen molar-refractivity contribution in [2.24, 2.45) is 0 Å². The Morgan fingerprint density at radius 1 is 1.33 bits per heavy atom. The summed E-state index contributed by atoms with van der Waals surface area (Å²) in [5, 5.41) is 3.64. The molecule has 0 saturated carbocycles. The van der Waals surface area contributed by atoms with Crippen LogP contribution in [-0.2, 0) is 4.74 Å². The van der Waals surface area contributed by atoms with E-state index in [9.17, 15) is 0 Å². The highest BCUT2D eigenvalue weighted by molar-refractivity contribution is 4.97. The average molecular weight is 256 g/mol. The Balaban J connectivity index is 2.68. The van der Waals surface area contributed by atoms with Gasteiger partial charge in [0.25, 0.3) is 0 Å². The third-order valence-electron chi connectivity index (χ3n) is 4.80. The minimum absolute atomic E-state index is 0.0126. The second kappa shape index (κ2) is 6.36. The van der Waals surface area contributed by atoms with Crippen molar-refractivity contribution >= 4 is 0 Å². The van der Waals surface area contributed by atoms with E-state index in [0.717, 1.165) is 26.1 Å². The molecule has 0 aliphatic carbocycles. The number of hydrogen-bond acceptors (Lipinski definition) is 3. The van der Waals surface area contributed by atoms with Crippen LogP contribution in [0.5, 0.6) is 0 Å². The summed E-state index contributed by atoms with van der Waals surface area (Å²) in [6, 6.07) is 0.599. The maximum Gasteiger partial charge on any atom is 0.0634 e. The summed E-state index contributed by atoms with van der Waals surface area (Å²) in [5.41, 5.74) is 0.331. The molecule has 1 fully saturated rings. The van der Waals surface area contributed by atoms with Crippen LogP contribution in [0.3, 0.4) is 0 Å². The topological polar surface area (TPSA) is 24.5 Å². The predicted molar refractivity (Wildman–Crippen MR) is 78.1 cm³/mol. The maximum atomic E-state index is 5.55. The number of rotatable bonds is 6. The van der Waals surface area contributed by atoms with Crippen LogP contribution in [0, 0.1) is 0 Å². The van der Waals surface area contributed by atoms with E-state index >= 15 is 0 Å². The Hall–Kier alpha value is -0.120. The van der Waals surface area contributed by atoms with Crippen molar-refractivity contribution in [1.29, 1.82) is 0 Å². The van der Waals surface area contributed by atoms with Crippen LogP contribution in [0.4, 0.5) is 0 Å². The standard InChI is InChI=1S/C15H32N2O/c1-7-15(8-2)12-16-13(3)11-17(15)10-9-14(4,5)18-6/h13,16H,7-12H2,1-6H3. The fourth-order valence-electron chi connectivity index (χ4n) is 2.85. The van der Waals surface area contributed by atoms with E-state index in [1.807, 2.05) is 7.11 Å². The molecule has 0 radical (unpaired) electrons. The lowest BCUT2D eigenvalue weighted by atomic mass is 9.86. The monoisotopic (exact) mass is 256 g/mol. The first-order chi connectivity index (χ1) is 8.39. The summed E-state index contributed by atoms with van der Waals surface area (Å²) in [4.78, 5) is 2.69. The third kappa shape index (κ3) is 3.69. The number of hydrogen-bond donors (Lipinski definition) is 1. The molecule has 1 aliphatic heterocycles. The highest BCUT2D eigenvalue weighted by Crippen LogP contribution is 2.28. The zero-order valence-corrected chi connectivity index (χ0v) is 13.2. The molecular weight excluding hydrogens is 224 g/mol. The third-order valence-corrected chi connectivity index (χ3v) is 4.80. The fourth-order valence-corrected chi connectivity index (χ4v) is 2.85. The summed E-state index contributed by atoms with van der Waals surface area (Å²) < 4.78 is 5.55. The zero-order valence-electron chi connectivity index (χ0n) is 13.2. The van der Waals surface area contributed by atoms with Gasteiger partial charge in [0.05, 0.1) is 5.60 Å². The van der Waals surface area contributed by atoms with Gasteiger partial charge in [0.1, 0.15) is 0 Å². The molecule has 1 aliphatic rings. The summed E-state index contributed by atoms with van der Waals surface area (Å²) in [6.45, 7) is 14.7. The van der Waals surface area contributed by atoms with E-state index < -0.39 is 0 Å². The molecule has 0 aromatic heterocycles. The molecule has 0 bridgehead atoms. The Bertz CT molecular complexity index is 249. The summed E-state index contributed by atoms with van der Waals surface area (Å²) in [5.74, 6) is 0. The molecule has 1 saturated heterocycles. The first kappa shape index (κ1) is 15.9. The zero-order chi connectivity index (χ0) is 13.8. The van der Waals surface area contributed by atoms with Gasteiger partial charge < -0.3 is 10.1 Å². The van der Waals surface area contributed by atoms with Crippen molar-refractivity contribution in [2.75, 3.05) is 26.7 Å². The molecule has 1 N–H and O–H groups in total. The first-order valence-electron chi connectivity index (χ1n) is 7.42. The largest absolute Gasteiger partial charge is 0.379 e. The second-order valence-electron chi connectivity index (χ2n) is 6.37. The molecule has 1 atom stereocenters. The van der Waals surface area contributed by atoms with Crippen LogP contribution in [-0.4, -0.2) is 48.8 Å². The van der Waals surface area contributed by atoms with Crippen LogP contribution >= 0.6 is 0 Å². The molecule has 1 heterocycles. The van der Waals surface area contributed by atoms with Gasteiger partial charge in [-0.15, -0.1) is 0 Å². The molecule has 0 spiro atoms. The van der Waals surface area contributed by atoms with Crippen LogP contribution in [0.1, 0.15) is 53.9 Å². The van der Waals surface area contributed by atoms with E-state index in [2.05, 4.69) is 44.8 Å². The molecule has 0 aromatic rings. The van der Waals surface area contributed by atoms with Gasteiger partial charge >= 0.3 is 0 Å². The van der Waals surface area contributed by atoms with E-state index in [-0.39, 0.29) is 5.60 Å². The van der Waals surface area contributed by atoms with Gasteiger partial charge in [0.2, 0.25) is 0 Å². The minimum Gasteiger partial charge on any atom is -0.379 e. The average Bonchev–Trinajstić information content (AvgIpc) is 2.37. The SMILES string of the molecule is CCC1(CC)CNC(C)CN1CCC(C)(C)OC. The number of nitrogens with zero attached hydrogens (tertiary/aromatic N) is 1. The van der Waals surface area contributed by atoms with Crippen LogP contribution in [0.25, 0.3) is 0 Å². The van der Waals surface area contributed by atoms with Gasteiger partial charge in [0.15, 0.2) is 0 Å². The van der Waals surface area contributed by atoms with Crippen molar-refractivity contribution in [3.8, 4) is 0 Å². The molecule has 0 aromatic carbocycles. The van der Waals surface area contributed by atoms with E-state index in [4.69, 9.17) is 4.74 Å². The number of nitrogens with one attached hydrogen (secondary N) is 1. The number of methoxy groups -OCH3 is 1. The molecule has 18 heavy (non-hydrogen) atoms. The van der Waals surface area contributed by atoms with Gasteiger partial charge in [-0.05, 0) is 40.0 Å². The first-order valence-corrected chi connectivity index (χ1v) is 7.42. The Morgan fingerprint density at radius 2 is 1.94 bits per heavy atom. The number of piperazine rings is 1. The normalized spacial score (nSPS) is 25.3. The lowest BCUT2D eigenvalue weighted by Gasteiger charge is -2.50. The molecule has 1 unspecified atom stereocenters. The summed E-state index contributed by atoms with van der Waals surface area (Å²) >= 11 is 0. The van der Waals surface area contributed by atoms with Crippen molar-refractivity contribution in [3.05, 3.63) is 0 Å². The maximum absolute atomic E-state index is 5.55. The lowest BCUT2D eigenvalue weighted by molar-refractivity contribution is -0.0198. The molecule has 1 rings (SSSR count). The molecule has 3 nitrogen and oxygen atoms in total. The highest BCUT2D eigenvalue weighted by Gasteiger charge is 2.38. The van der Waals surface area contributed by atoms with Crippen molar-refractivity contribution < 1.29 is 4.74 Å². The molecule has 3 heteroatoms. The van der Waals surface area contributed by atoms with Gasteiger partial charge in [-0.3, -0.25) is 4.90 Å². The Labute approximate surface area is 113 Å². The minimum atomic E-state index is -0.0126. The molecule has 0 amide bonds. The van der Waals surface area contributed by atoms with Crippen LogP contribution in [0.15, 0.2) is 0 Å². The van der Waals surface area contributed by atoms with Crippen molar-refractivity contribution in [1.82, 2.24) is 10.2 Å². The van der Waals surface area contributed by atoms with Gasteiger partial charge in [-0.1, -0.05) is 13.8 Å². The van der Waals surface area contributed by atoms with Gasteiger partial charge in [-0.2, -0.15) is 0 Å². The highest BCUT2D eigenvalue weighted by atomic mass is 16.5. The smallest absolute Gasteiger partial charge is 0.0634 e. The number of ether oxygens (including phenoxy) is 1. The predicted octanol–water partition coefficient (Wildman–Crippen LogP) is 2.65. The van der Waals surface area contributed by atoms with E-state index in [1.165, 1.54) is 12.8 Å².